The lowest BCUT2D eigenvalue weighted by Crippen LogP contribution is -2.59. The maximum Gasteiger partial charge on any atom is 0.333 e. The van der Waals surface area contributed by atoms with Crippen LogP contribution in [0.4, 0.5) is 5.82 Å². The molecule has 2 aromatic heterocycles. The summed E-state index contributed by atoms with van der Waals surface area (Å²) in [5, 5.41) is 4.32. The first-order valence-electron chi connectivity index (χ1n) is 11.9. The quantitative estimate of drug-likeness (QED) is 0.115. The van der Waals surface area contributed by atoms with E-state index in [1.165, 1.54) is 4.57 Å². The Morgan fingerprint density at radius 3 is 2.62 bits per heavy atom. The number of rotatable bonds is 7. The maximum absolute atomic E-state index is 13.8. The third kappa shape index (κ3) is 5.13. The van der Waals surface area contributed by atoms with Gasteiger partial charge in [0.25, 0.3) is 5.82 Å². The molecule has 0 N–H and O–H groups in total. The summed E-state index contributed by atoms with van der Waals surface area (Å²) in [5.41, 5.74) is 4.15. The van der Waals surface area contributed by atoms with Crippen molar-refractivity contribution in [2.24, 2.45) is 5.16 Å². The van der Waals surface area contributed by atoms with Crippen LogP contribution in [0.3, 0.4) is 0 Å². The first-order chi connectivity index (χ1) is 18.0. The van der Waals surface area contributed by atoms with Crippen LogP contribution in [-0.4, -0.2) is 29.6 Å². The average Bonchev–Trinajstić information content (AvgIpc) is 2.93. The van der Waals surface area contributed by atoms with Crippen molar-refractivity contribution in [3.05, 3.63) is 113 Å². The summed E-state index contributed by atoms with van der Waals surface area (Å²) in [4.78, 5) is 38.2. The molecule has 1 atom stereocenters. The van der Waals surface area contributed by atoms with E-state index in [0.717, 1.165) is 22.3 Å². The number of carbonyl (C=O) groups is 2. The van der Waals surface area contributed by atoms with Gasteiger partial charge in [0.05, 0.1) is 12.4 Å². The monoisotopic (exact) mass is 511 g/mol. The second kappa shape index (κ2) is 10.7. The van der Waals surface area contributed by atoms with Gasteiger partial charge in [0.1, 0.15) is 18.3 Å². The number of oxime groups is 1. The molecule has 1 amide bonds. The minimum atomic E-state index is -0.984. The molecular weight excluding hydrogens is 488 g/mol. The van der Waals surface area contributed by atoms with Crippen LogP contribution in [0.2, 0.25) is 5.15 Å². The van der Waals surface area contributed by atoms with Crippen molar-refractivity contribution in [3.63, 3.8) is 0 Å². The Balaban J connectivity index is 1.51. The molecule has 1 aliphatic rings. The Bertz CT molecular complexity index is 1490. The number of benzene rings is 2. The van der Waals surface area contributed by atoms with Crippen molar-refractivity contribution < 1.29 is 19.0 Å². The second-order valence-electron chi connectivity index (χ2n) is 8.52. The minimum absolute atomic E-state index is 0.262. The van der Waals surface area contributed by atoms with Gasteiger partial charge in [-0.1, -0.05) is 65.3 Å². The fourth-order valence-corrected chi connectivity index (χ4v) is 4.46. The zero-order valence-electron chi connectivity index (χ0n) is 20.1. The van der Waals surface area contributed by atoms with Crippen LogP contribution in [0, 0.1) is 0 Å². The number of halogens is 1. The van der Waals surface area contributed by atoms with E-state index in [4.69, 9.17) is 16.4 Å². The number of nitrogens with zero attached hydrogens (tertiary/aromatic N) is 4. The number of amides is 1. The summed E-state index contributed by atoms with van der Waals surface area (Å²) in [5.74, 6) is -1.05. The van der Waals surface area contributed by atoms with E-state index in [-0.39, 0.29) is 18.4 Å². The lowest BCUT2D eigenvalue weighted by molar-refractivity contribution is -0.563. The first-order valence-corrected chi connectivity index (χ1v) is 12.3. The van der Waals surface area contributed by atoms with E-state index in [0.29, 0.717) is 23.1 Å². The Hall–Kier alpha value is -4.36. The van der Waals surface area contributed by atoms with Gasteiger partial charge in [0, 0.05) is 17.8 Å². The fourth-order valence-electron chi connectivity index (χ4n) is 4.35. The van der Waals surface area contributed by atoms with E-state index < -0.39 is 5.92 Å². The number of hydrogen-bond donors (Lipinski definition) is 0. The molecule has 0 radical (unpaired) electrons. The molecule has 1 unspecified atom stereocenters. The molecule has 184 valence electrons. The summed E-state index contributed by atoms with van der Waals surface area (Å²) in [6, 6.07) is 24.2. The molecule has 0 fully saturated rings. The van der Waals surface area contributed by atoms with Gasteiger partial charge in [-0.25, -0.2) is 14.6 Å². The molecule has 8 heteroatoms. The summed E-state index contributed by atoms with van der Waals surface area (Å²) >= 11 is 5.94. The third-order valence-corrected chi connectivity index (χ3v) is 6.31. The van der Waals surface area contributed by atoms with E-state index in [2.05, 4.69) is 10.1 Å². The number of fused-ring (bicyclic) bond motifs is 1. The number of aromatic nitrogens is 2. The van der Waals surface area contributed by atoms with Gasteiger partial charge < -0.3 is 4.84 Å². The van der Waals surface area contributed by atoms with E-state index in [1.54, 1.807) is 41.7 Å². The highest BCUT2D eigenvalue weighted by atomic mass is 35.5. The number of pyridine rings is 2. The molecule has 7 nitrogen and oxygen atoms in total. The highest BCUT2D eigenvalue weighted by molar-refractivity contribution is 6.29. The van der Waals surface area contributed by atoms with Crippen molar-refractivity contribution in [3.8, 4) is 11.1 Å². The highest BCUT2D eigenvalue weighted by Crippen LogP contribution is 2.31. The van der Waals surface area contributed by atoms with Crippen LogP contribution >= 0.6 is 11.6 Å². The van der Waals surface area contributed by atoms with Gasteiger partial charge >= 0.3 is 11.8 Å². The van der Waals surface area contributed by atoms with Gasteiger partial charge in [-0.3, -0.25) is 0 Å². The van der Waals surface area contributed by atoms with Crippen molar-refractivity contribution >= 4 is 35.4 Å². The molecule has 5 rings (SSSR count). The van der Waals surface area contributed by atoms with Crippen LogP contribution in [-0.2, 0) is 16.2 Å². The third-order valence-electron chi connectivity index (χ3n) is 6.09. The zero-order chi connectivity index (χ0) is 25.8. The van der Waals surface area contributed by atoms with Crippen molar-refractivity contribution in [2.75, 3.05) is 11.5 Å². The van der Waals surface area contributed by atoms with E-state index >= 15 is 0 Å². The number of carbonyl (C=O) groups excluding carboxylic acids is 2. The second-order valence-corrected chi connectivity index (χ2v) is 8.90. The maximum atomic E-state index is 13.8. The van der Waals surface area contributed by atoms with Crippen molar-refractivity contribution in [1.82, 2.24) is 4.98 Å². The molecular formula is C29H24ClN4O3+. The largest absolute Gasteiger partial charge is 0.396 e. The van der Waals surface area contributed by atoms with Crippen LogP contribution in [0.15, 0.2) is 96.4 Å². The smallest absolute Gasteiger partial charge is 0.333 e. The lowest BCUT2D eigenvalue weighted by atomic mass is 9.91. The van der Waals surface area contributed by atoms with Gasteiger partial charge in [-0.15, -0.1) is 0 Å². The van der Waals surface area contributed by atoms with Gasteiger partial charge in [0.2, 0.25) is 0 Å². The molecule has 4 aromatic rings. The predicted molar refractivity (Wildman–Crippen MR) is 142 cm³/mol. The van der Waals surface area contributed by atoms with Gasteiger partial charge in [-0.05, 0) is 53.4 Å². The molecule has 0 spiro atoms. The van der Waals surface area contributed by atoms with Crippen LogP contribution < -0.4 is 9.47 Å². The summed E-state index contributed by atoms with van der Waals surface area (Å²) in [6.07, 6.45) is 4.98. The molecule has 2 aromatic carbocycles. The Morgan fingerprint density at radius 2 is 1.84 bits per heavy atom. The zero-order valence-corrected chi connectivity index (χ0v) is 20.9. The normalized spacial score (nSPS) is 15.2. The fraction of sp³-hybridized carbons (Fsp3) is 0.138. The topological polar surface area (TPSA) is 75.7 Å². The van der Waals surface area contributed by atoms with Crippen molar-refractivity contribution in [2.45, 2.75) is 19.4 Å². The summed E-state index contributed by atoms with van der Waals surface area (Å²) < 4.78 is 1.53. The molecule has 0 saturated heterocycles. The first kappa shape index (κ1) is 24.3. The van der Waals surface area contributed by atoms with Crippen LogP contribution in [0.25, 0.3) is 11.1 Å². The van der Waals surface area contributed by atoms with E-state index in [1.807, 2.05) is 67.6 Å². The van der Waals surface area contributed by atoms with E-state index in [9.17, 15) is 9.59 Å². The highest BCUT2D eigenvalue weighted by Gasteiger charge is 2.47. The predicted octanol–water partition coefficient (Wildman–Crippen LogP) is 5.03. The molecule has 1 aliphatic heterocycles. The molecule has 3 heterocycles. The Labute approximate surface area is 219 Å². The Kier molecular flexibility index (Phi) is 7.05. The number of anilines is 1. The summed E-state index contributed by atoms with van der Waals surface area (Å²) in [6.45, 7) is 2.63. The number of hydrogen-bond acceptors (Lipinski definition) is 5. The van der Waals surface area contributed by atoms with Crippen molar-refractivity contribution in [1.29, 1.82) is 0 Å². The molecule has 37 heavy (non-hydrogen) atoms. The lowest BCUT2D eigenvalue weighted by Gasteiger charge is -2.26. The average molecular weight is 512 g/mol. The van der Waals surface area contributed by atoms with Gasteiger partial charge in [0.15, 0.2) is 5.92 Å². The standard InChI is InChI=1S/C29H24ClN4O3/c1-2-37-32-18-20-7-5-8-22(15-20)23-9-6-10-24(16-23)27-28(35)33-14-4-3-11-26(33)34(29(27)36)19-21-12-13-25(30)31-17-21/h3-18,27H,2,19H2,1H3/q+1/b32-18+. The molecule has 0 aliphatic carbocycles. The van der Waals surface area contributed by atoms with Crippen LogP contribution in [0.1, 0.15) is 34.3 Å². The molecule has 0 saturated carbocycles. The SMILES string of the molecule is CCO/N=C/c1cccc(-c2cccc(C3C(=O)N(Cc4ccc(Cl)nc4)c4cccc[n+]4C3=O)c2)c1. The van der Waals surface area contributed by atoms with Gasteiger partial charge in [-0.2, -0.15) is 9.47 Å². The van der Waals surface area contributed by atoms with Crippen LogP contribution in [0.5, 0.6) is 0 Å². The summed E-state index contributed by atoms with van der Waals surface area (Å²) in [7, 11) is 0. The Morgan fingerprint density at radius 1 is 1.03 bits per heavy atom. The molecule has 0 bridgehead atoms. The minimum Gasteiger partial charge on any atom is -0.396 e.